The number of rotatable bonds is 4. The quantitative estimate of drug-likeness (QED) is 0.687. The lowest BCUT2D eigenvalue weighted by Crippen LogP contribution is -2.83. The minimum Gasteiger partial charge on any atom is -0.504 e. The molecule has 186 valence electrons. The van der Waals surface area contributed by atoms with Gasteiger partial charge < -0.3 is 19.7 Å². The number of hydrogen-bond acceptors (Lipinski definition) is 5. The lowest BCUT2D eigenvalue weighted by atomic mass is 9.33. The van der Waals surface area contributed by atoms with Gasteiger partial charge in [-0.05, 0) is 81.4 Å². The Morgan fingerprint density at radius 2 is 1.91 bits per heavy atom. The van der Waals surface area contributed by atoms with Crippen LogP contribution in [0, 0.1) is 22.7 Å². The zero-order chi connectivity index (χ0) is 23.9. The Morgan fingerprint density at radius 3 is 2.59 bits per heavy atom. The van der Waals surface area contributed by atoms with Gasteiger partial charge in [-0.3, -0.25) is 4.90 Å². The van der Waals surface area contributed by atoms with E-state index in [0.29, 0.717) is 11.8 Å². The molecule has 2 N–H and O–H groups in total. The second kappa shape index (κ2) is 6.33. The number of piperidine rings is 1. The molecule has 7 aliphatic rings. The van der Waals surface area contributed by atoms with Crippen LogP contribution >= 0.6 is 0 Å². The maximum absolute atomic E-state index is 12.2. The minimum atomic E-state index is -0.909. The van der Waals surface area contributed by atoms with Crippen LogP contribution < -0.4 is 4.74 Å². The summed E-state index contributed by atoms with van der Waals surface area (Å²) in [5.41, 5.74) is 0.783. The number of phenolic OH excluding ortho intramolecular Hbond substituents is 1. The Morgan fingerprint density at radius 1 is 1.15 bits per heavy atom. The summed E-state index contributed by atoms with van der Waals surface area (Å²) in [6.07, 6.45) is 7.64. The van der Waals surface area contributed by atoms with Crippen molar-refractivity contribution >= 4 is 0 Å². The average Bonchev–Trinajstić information content (AvgIpc) is 3.53. The third-order valence-electron chi connectivity index (χ3n) is 11.9. The molecule has 4 saturated carbocycles. The Hall–Kier alpha value is -1.30. The van der Waals surface area contributed by atoms with Crippen LogP contribution in [0.5, 0.6) is 11.5 Å². The van der Waals surface area contributed by atoms with E-state index in [4.69, 9.17) is 9.47 Å². The maximum atomic E-state index is 12.2. The first-order chi connectivity index (χ1) is 16.0. The molecule has 4 bridgehead atoms. The topological polar surface area (TPSA) is 62.2 Å². The highest BCUT2D eigenvalue weighted by molar-refractivity contribution is 5.63. The number of likely N-dealkylation sites (tertiary alicyclic amines) is 1. The SMILES string of the molecule is CO[C@]12CCC3(C[C@@H]1[C@](C)(O)C(C)(C)C)[C@H]1Cc4ccc(O)c5c4C3(CCN1CC1CC1)C2O5. The number of fused-ring (bicyclic) bond motifs is 2. The molecule has 7 atom stereocenters. The number of nitrogens with zero attached hydrogens (tertiary/aromatic N) is 1. The van der Waals surface area contributed by atoms with Crippen LogP contribution in [0.2, 0.25) is 0 Å². The van der Waals surface area contributed by atoms with E-state index < -0.39 is 11.2 Å². The number of benzene rings is 1. The van der Waals surface area contributed by atoms with E-state index in [9.17, 15) is 10.2 Å². The molecule has 0 amide bonds. The molecule has 5 nitrogen and oxygen atoms in total. The Labute approximate surface area is 203 Å². The maximum Gasteiger partial charge on any atom is 0.165 e. The summed E-state index contributed by atoms with van der Waals surface area (Å²) < 4.78 is 13.5. The second-order valence-electron chi connectivity index (χ2n) is 13.8. The van der Waals surface area contributed by atoms with E-state index in [1.807, 2.05) is 20.1 Å². The van der Waals surface area contributed by atoms with E-state index in [0.717, 1.165) is 44.6 Å². The first-order valence-electron chi connectivity index (χ1n) is 13.6. The molecule has 5 fully saturated rings. The molecule has 2 aliphatic heterocycles. The van der Waals surface area contributed by atoms with Crippen molar-refractivity contribution in [1.82, 2.24) is 4.90 Å². The summed E-state index contributed by atoms with van der Waals surface area (Å²) >= 11 is 0. The molecule has 5 heteroatoms. The number of methoxy groups -OCH3 is 1. The number of hydrogen-bond donors (Lipinski definition) is 2. The predicted molar refractivity (Wildman–Crippen MR) is 130 cm³/mol. The van der Waals surface area contributed by atoms with Gasteiger partial charge >= 0.3 is 0 Å². The summed E-state index contributed by atoms with van der Waals surface area (Å²) in [7, 11) is 1.83. The van der Waals surface area contributed by atoms with Gasteiger partial charge in [0.2, 0.25) is 0 Å². The Bertz CT molecular complexity index is 1060. The largest absolute Gasteiger partial charge is 0.504 e. The lowest BCUT2D eigenvalue weighted by Gasteiger charge is -2.75. The van der Waals surface area contributed by atoms with E-state index >= 15 is 0 Å². The van der Waals surface area contributed by atoms with E-state index in [-0.39, 0.29) is 34.0 Å². The molecular formula is C29H41NO4. The molecule has 1 saturated heterocycles. The van der Waals surface area contributed by atoms with Gasteiger partial charge in [0, 0.05) is 42.0 Å². The molecule has 2 spiro atoms. The Balaban J connectivity index is 1.47. The van der Waals surface area contributed by atoms with Crippen LogP contribution in [0.25, 0.3) is 0 Å². The van der Waals surface area contributed by atoms with Crippen molar-refractivity contribution in [2.45, 2.75) is 101 Å². The van der Waals surface area contributed by atoms with Gasteiger partial charge in [0.25, 0.3) is 0 Å². The molecule has 5 aliphatic carbocycles. The van der Waals surface area contributed by atoms with Gasteiger partial charge in [0.1, 0.15) is 11.7 Å². The van der Waals surface area contributed by atoms with E-state index in [1.54, 1.807) is 0 Å². The molecule has 0 radical (unpaired) electrons. The van der Waals surface area contributed by atoms with Crippen LogP contribution in [-0.4, -0.2) is 58.7 Å². The van der Waals surface area contributed by atoms with Crippen molar-refractivity contribution < 1.29 is 19.7 Å². The highest BCUT2D eigenvalue weighted by Crippen LogP contribution is 2.78. The molecule has 0 aromatic heterocycles. The van der Waals surface area contributed by atoms with Gasteiger partial charge in [0.05, 0.1) is 5.60 Å². The van der Waals surface area contributed by atoms with Crippen LogP contribution in [-0.2, 0) is 16.6 Å². The van der Waals surface area contributed by atoms with Crippen LogP contribution in [0.15, 0.2) is 12.1 Å². The standard InChI is InChI=1S/C29H41NO4/c1-25(2,3)26(4,32)20-15-27-10-11-29(20,33-5)24-28(27)12-13-30(16-17-6-7-17)21(27)14-18-8-9-19(31)23(34-24)22(18)28/h8-9,17,20-21,24,31-32H,6-7,10-16H2,1-5H3/t20-,21-,24?,26+,27?,28?,29-/m1/s1. The molecular weight excluding hydrogens is 426 g/mol. The van der Waals surface area contributed by atoms with Crippen molar-refractivity contribution in [1.29, 1.82) is 0 Å². The fourth-order valence-corrected chi connectivity index (χ4v) is 9.58. The third-order valence-corrected chi connectivity index (χ3v) is 11.9. The molecule has 34 heavy (non-hydrogen) atoms. The number of aliphatic hydroxyl groups is 1. The highest BCUT2D eigenvalue weighted by Gasteiger charge is 2.82. The molecule has 8 rings (SSSR count). The van der Waals surface area contributed by atoms with E-state index in [2.05, 4.69) is 31.7 Å². The van der Waals surface area contributed by atoms with Gasteiger partial charge in [-0.15, -0.1) is 0 Å². The fourth-order valence-electron chi connectivity index (χ4n) is 9.58. The van der Waals surface area contributed by atoms with Crippen molar-refractivity contribution in [2.24, 2.45) is 22.7 Å². The van der Waals surface area contributed by atoms with Crippen LogP contribution in [0.1, 0.15) is 77.3 Å². The van der Waals surface area contributed by atoms with Crippen molar-refractivity contribution in [3.8, 4) is 11.5 Å². The van der Waals surface area contributed by atoms with Gasteiger partial charge in [-0.2, -0.15) is 0 Å². The van der Waals surface area contributed by atoms with Crippen molar-refractivity contribution in [3.63, 3.8) is 0 Å². The number of aromatic hydroxyl groups is 1. The fraction of sp³-hybridized carbons (Fsp3) is 0.793. The zero-order valence-corrected chi connectivity index (χ0v) is 21.5. The summed E-state index contributed by atoms with van der Waals surface area (Å²) in [6, 6.07) is 4.46. The average molecular weight is 468 g/mol. The molecule has 3 unspecified atom stereocenters. The smallest absolute Gasteiger partial charge is 0.165 e. The van der Waals surface area contributed by atoms with Crippen LogP contribution in [0.3, 0.4) is 0 Å². The third kappa shape index (κ3) is 2.25. The molecule has 1 aromatic carbocycles. The van der Waals surface area contributed by atoms with E-state index in [1.165, 1.54) is 30.5 Å². The second-order valence-corrected chi connectivity index (χ2v) is 13.8. The number of phenols is 1. The summed E-state index contributed by atoms with van der Waals surface area (Å²) in [5, 5.41) is 23.2. The molecule has 1 aromatic rings. The summed E-state index contributed by atoms with van der Waals surface area (Å²) in [4.78, 5) is 2.82. The lowest BCUT2D eigenvalue weighted by molar-refractivity contribution is -0.312. The van der Waals surface area contributed by atoms with Gasteiger partial charge in [-0.25, -0.2) is 0 Å². The number of ether oxygens (including phenoxy) is 2. The normalized spacial score (nSPS) is 43.9. The molecule has 2 heterocycles. The van der Waals surface area contributed by atoms with Gasteiger partial charge in [0.15, 0.2) is 11.5 Å². The zero-order valence-electron chi connectivity index (χ0n) is 21.5. The summed E-state index contributed by atoms with van der Waals surface area (Å²) in [5.74, 6) is 1.80. The van der Waals surface area contributed by atoms with Crippen molar-refractivity contribution in [3.05, 3.63) is 23.3 Å². The van der Waals surface area contributed by atoms with Gasteiger partial charge in [-0.1, -0.05) is 26.8 Å². The first kappa shape index (κ1) is 21.9. The first-order valence-corrected chi connectivity index (χ1v) is 13.6. The predicted octanol–water partition coefficient (Wildman–Crippen LogP) is 4.41. The Kier molecular flexibility index (Phi) is 4.08. The monoisotopic (exact) mass is 467 g/mol. The van der Waals surface area contributed by atoms with Crippen LogP contribution in [0.4, 0.5) is 0 Å². The minimum absolute atomic E-state index is 0.0294. The highest BCUT2D eigenvalue weighted by atomic mass is 16.6. The summed E-state index contributed by atoms with van der Waals surface area (Å²) in [6.45, 7) is 10.8. The van der Waals surface area contributed by atoms with Crippen molar-refractivity contribution in [2.75, 3.05) is 20.2 Å².